The van der Waals surface area contributed by atoms with Gasteiger partial charge in [0.2, 0.25) is 0 Å². The van der Waals surface area contributed by atoms with Crippen LogP contribution in [0.15, 0.2) is 24.3 Å². The predicted molar refractivity (Wildman–Crippen MR) is 69.8 cm³/mol. The van der Waals surface area contributed by atoms with Crippen LogP contribution in [-0.2, 0) is 4.79 Å². The molecule has 0 spiro atoms. The van der Waals surface area contributed by atoms with Crippen LogP contribution in [0.2, 0.25) is 0 Å². The molecule has 1 aromatic rings. The summed E-state index contributed by atoms with van der Waals surface area (Å²) in [4.78, 5) is 21.2. The minimum atomic E-state index is -0.921. The molecule has 0 unspecified atom stereocenters. The monoisotopic (exact) mass is 298 g/mol. The third kappa shape index (κ3) is 3.97. The number of carbonyl (C=O) groups is 2. The van der Waals surface area contributed by atoms with E-state index in [2.05, 4.69) is 22.9 Å². The molecule has 0 saturated carbocycles. The van der Waals surface area contributed by atoms with Crippen molar-refractivity contribution in [3.63, 3.8) is 0 Å². The maximum absolute atomic E-state index is 10.7. The highest BCUT2D eigenvalue weighted by Gasteiger charge is 2.14. The van der Waals surface area contributed by atoms with Crippen LogP contribution in [0, 0.1) is 0 Å². The molecule has 0 bridgehead atoms. The Balaban J connectivity index is 2.82. The Morgan fingerprint density at radius 2 is 2.00 bits per heavy atom. The highest BCUT2D eigenvalue weighted by atomic mass is 79.9. The molecule has 4 heteroatoms. The van der Waals surface area contributed by atoms with Crippen molar-refractivity contribution in [2.45, 2.75) is 30.5 Å². The number of alkyl halides is 1. The molecule has 92 valence electrons. The normalized spacial score (nSPS) is 14.0. The highest BCUT2D eigenvalue weighted by molar-refractivity contribution is 9.09. The van der Waals surface area contributed by atoms with Gasteiger partial charge in [-0.2, -0.15) is 0 Å². The van der Waals surface area contributed by atoms with Crippen LogP contribution in [0.25, 0.3) is 0 Å². The standard InChI is InChI=1S/C13H15BrO3/c1-2-9(7-12(14)8-15)10-3-5-11(6-4-10)13(16)17/h3-6,8-9,12H,2,7H2,1H3,(H,16,17)/t9-,12-/m1/s1. The molecule has 1 N–H and O–H groups in total. The first-order chi connectivity index (χ1) is 8.08. The van der Waals surface area contributed by atoms with Crippen LogP contribution >= 0.6 is 15.9 Å². The van der Waals surface area contributed by atoms with Gasteiger partial charge < -0.3 is 9.90 Å². The van der Waals surface area contributed by atoms with Crippen LogP contribution in [-0.4, -0.2) is 22.2 Å². The van der Waals surface area contributed by atoms with E-state index in [4.69, 9.17) is 5.11 Å². The number of aldehydes is 1. The van der Waals surface area contributed by atoms with E-state index in [1.807, 2.05) is 12.1 Å². The third-order valence-electron chi connectivity index (χ3n) is 2.78. The third-order valence-corrected chi connectivity index (χ3v) is 3.37. The molecule has 0 aromatic heterocycles. The number of carbonyl (C=O) groups excluding carboxylic acids is 1. The van der Waals surface area contributed by atoms with E-state index in [1.165, 1.54) is 0 Å². The highest BCUT2D eigenvalue weighted by Crippen LogP contribution is 2.26. The van der Waals surface area contributed by atoms with E-state index in [0.717, 1.165) is 24.7 Å². The molecule has 2 atom stereocenters. The van der Waals surface area contributed by atoms with E-state index in [1.54, 1.807) is 12.1 Å². The largest absolute Gasteiger partial charge is 0.478 e. The summed E-state index contributed by atoms with van der Waals surface area (Å²) >= 11 is 3.29. The minimum Gasteiger partial charge on any atom is -0.478 e. The SMILES string of the molecule is CC[C@H](C[C@@H](Br)C=O)c1ccc(C(=O)O)cc1. The van der Waals surface area contributed by atoms with Gasteiger partial charge in [0, 0.05) is 0 Å². The first kappa shape index (κ1) is 13.9. The molecule has 3 nitrogen and oxygen atoms in total. The van der Waals surface area contributed by atoms with Crippen molar-refractivity contribution in [3.05, 3.63) is 35.4 Å². The lowest BCUT2D eigenvalue weighted by Crippen LogP contribution is -2.08. The molecule has 0 aliphatic rings. The smallest absolute Gasteiger partial charge is 0.335 e. The van der Waals surface area contributed by atoms with Crippen LogP contribution in [0.5, 0.6) is 0 Å². The summed E-state index contributed by atoms with van der Waals surface area (Å²) in [5, 5.41) is 8.80. The minimum absolute atomic E-state index is 0.147. The van der Waals surface area contributed by atoms with Crippen molar-refractivity contribution in [1.82, 2.24) is 0 Å². The maximum Gasteiger partial charge on any atom is 0.335 e. The summed E-state index contributed by atoms with van der Waals surface area (Å²) < 4.78 is 0. The maximum atomic E-state index is 10.7. The van der Waals surface area contributed by atoms with Gasteiger partial charge in [0.05, 0.1) is 10.4 Å². The zero-order chi connectivity index (χ0) is 12.8. The Morgan fingerprint density at radius 1 is 1.41 bits per heavy atom. The molecule has 0 radical (unpaired) electrons. The first-order valence-corrected chi connectivity index (χ1v) is 6.42. The molecule has 0 heterocycles. The number of carboxylic acid groups (broad SMARTS) is 1. The molecule has 0 aliphatic heterocycles. The van der Waals surface area contributed by atoms with Gasteiger partial charge in [-0.3, -0.25) is 0 Å². The summed E-state index contributed by atoms with van der Waals surface area (Å²) in [6, 6.07) is 6.85. The van der Waals surface area contributed by atoms with Crippen LogP contribution in [0.3, 0.4) is 0 Å². The van der Waals surface area contributed by atoms with Crippen molar-refractivity contribution in [3.8, 4) is 0 Å². The van der Waals surface area contributed by atoms with E-state index in [9.17, 15) is 9.59 Å². The quantitative estimate of drug-likeness (QED) is 0.648. The second kappa shape index (κ2) is 6.55. The number of carboxylic acids is 1. The lowest BCUT2D eigenvalue weighted by atomic mass is 9.91. The Bertz CT molecular complexity index is 386. The van der Waals surface area contributed by atoms with Gasteiger partial charge in [-0.25, -0.2) is 4.79 Å². The molecule has 0 aliphatic carbocycles. The fraction of sp³-hybridized carbons (Fsp3) is 0.385. The molecular weight excluding hydrogens is 284 g/mol. The second-order valence-electron chi connectivity index (χ2n) is 3.92. The first-order valence-electron chi connectivity index (χ1n) is 5.51. The van der Waals surface area contributed by atoms with Crippen molar-refractivity contribution < 1.29 is 14.7 Å². The molecule has 0 amide bonds. The van der Waals surface area contributed by atoms with E-state index in [0.29, 0.717) is 0 Å². The van der Waals surface area contributed by atoms with Crippen molar-refractivity contribution in [2.75, 3.05) is 0 Å². The second-order valence-corrected chi connectivity index (χ2v) is 5.10. The molecular formula is C13H15BrO3. The van der Waals surface area contributed by atoms with Gasteiger partial charge in [-0.15, -0.1) is 0 Å². The molecule has 1 aromatic carbocycles. The number of hydrogen-bond acceptors (Lipinski definition) is 2. The van der Waals surface area contributed by atoms with Crippen molar-refractivity contribution >= 4 is 28.2 Å². The molecule has 0 saturated heterocycles. The number of hydrogen-bond donors (Lipinski definition) is 1. The van der Waals surface area contributed by atoms with Crippen LogP contribution in [0.4, 0.5) is 0 Å². The van der Waals surface area contributed by atoms with Gasteiger partial charge in [-0.05, 0) is 36.5 Å². The van der Waals surface area contributed by atoms with Crippen molar-refractivity contribution in [2.24, 2.45) is 0 Å². The summed E-state index contributed by atoms with van der Waals surface area (Å²) in [7, 11) is 0. The Hall–Kier alpha value is -1.16. The van der Waals surface area contributed by atoms with Gasteiger partial charge in [0.1, 0.15) is 6.29 Å². The van der Waals surface area contributed by atoms with E-state index < -0.39 is 5.97 Å². The summed E-state index contributed by atoms with van der Waals surface area (Å²) in [5.74, 6) is -0.650. The number of halogens is 1. The summed E-state index contributed by atoms with van der Waals surface area (Å²) in [6.45, 7) is 2.06. The Kier molecular flexibility index (Phi) is 5.35. The molecule has 17 heavy (non-hydrogen) atoms. The molecule has 0 fully saturated rings. The van der Waals surface area contributed by atoms with E-state index in [-0.39, 0.29) is 16.3 Å². The number of benzene rings is 1. The average Bonchev–Trinajstić information content (AvgIpc) is 2.35. The fourth-order valence-corrected chi connectivity index (χ4v) is 2.21. The van der Waals surface area contributed by atoms with Gasteiger partial charge in [-0.1, -0.05) is 35.0 Å². The lowest BCUT2D eigenvalue weighted by Gasteiger charge is -2.16. The van der Waals surface area contributed by atoms with Gasteiger partial charge in [0.25, 0.3) is 0 Å². The summed E-state index contributed by atoms with van der Waals surface area (Å²) in [5.41, 5.74) is 1.36. The van der Waals surface area contributed by atoms with Crippen molar-refractivity contribution in [1.29, 1.82) is 0 Å². The molecule has 1 rings (SSSR count). The van der Waals surface area contributed by atoms with Gasteiger partial charge in [0.15, 0.2) is 0 Å². The number of rotatable bonds is 6. The summed E-state index contributed by atoms with van der Waals surface area (Å²) in [6.07, 6.45) is 2.53. The number of aromatic carboxylic acids is 1. The van der Waals surface area contributed by atoms with Gasteiger partial charge >= 0.3 is 5.97 Å². The zero-order valence-electron chi connectivity index (χ0n) is 9.60. The Labute approximate surface area is 109 Å². The van der Waals surface area contributed by atoms with E-state index >= 15 is 0 Å². The van der Waals surface area contributed by atoms with Crippen LogP contribution in [0.1, 0.15) is 41.6 Å². The zero-order valence-corrected chi connectivity index (χ0v) is 11.2. The Morgan fingerprint density at radius 3 is 2.41 bits per heavy atom. The lowest BCUT2D eigenvalue weighted by molar-refractivity contribution is -0.107. The van der Waals surface area contributed by atoms with Crippen LogP contribution < -0.4 is 0 Å². The topological polar surface area (TPSA) is 54.4 Å². The predicted octanol–water partition coefficient (Wildman–Crippen LogP) is 3.23. The fourth-order valence-electron chi connectivity index (χ4n) is 1.76. The average molecular weight is 299 g/mol.